The molecule has 0 saturated heterocycles. The molecule has 3 aromatic rings. The van der Waals surface area contributed by atoms with E-state index >= 15 is 0 Å². The van der Waals surface area contributed by atoms with Crippen molar-refractivity contribution >= 4 is 28.5 Å². The number of phenols is 1. The van der Waals surface area contributed by atoms with Crippen LogP contribution in [0.15, 0.2) is 33.8 Å². The maximum absolute atomic E-state index is 13.2. The summed E-state index contributed by atoms with van der Waals surface area (Å²) in [5.41, 5.74) is 4.07. The molecule has 2 aromatic carbocycles. The number of ketones is 1. The summed E-state index contributed by atoms with van der Waals surface area (Å²) in [7, 11) is 1.59. The van der Waals surface area contributed by atoms with Gasteiger partial charge in [0.2, 0.25) is 0 Å². The van der Waals surface area contributed by atoms with E-state index in [-0.39, 0.29) is 11.5 Å². The molecule has 3 rings (SSSR count). The number of methoxy groups -OCH3 is 1. The number of hydrogen-bond donors (Lipinski definition) is 1. The first-order valence-corrected chi connectivity index (χ1v) is 9.10. The van der Waals surface area contributed by atoms with Gasteiger partial charge in [0.25, 0.3) is 0 Å². The molecule has 0 unspecified atom stereocenters. The highest BCUT2D eigenvalue weighted by Gasteiger charge is 2.24. The molecule has 0 atom stereocenters. The molecule has 1 N–H and O–H groups in total. The van der Waals surface area contributed by atoms with Crippen molar-refractivity contribution < 1.29 is 19.1 Å². The highest BCUT2D eigenvalue weighted by atomic mass is 32.2. The van der Waals surface area contributed by atoms with Crippen molar-refractivity contribution in [1.82, 2.24) is 0 Å². The van der Waals surface area contributed by atoms with Gasteiger partial charge in [-0.15, -0.1) is 0 Å². The zero-order valence-corrected chi connectivity index (χ0v) is 15.7. The van der Waals surface area contributed by atoms with Gasteiger partial charge in [0.05, 0.1) is 12.7 Å². The normalized spacial score (nSPS) is 11.1. The van der Waals surface area contributed by atoms with Crippen molar-refractivity contribution in [1.29, 1.82) is 0 Å². The minimum Gasteiger partial charge on any atom is -0.504 e. The fraction of sp³-hybridized carbons (Fsp3) is 0.250. The van der Waals surface area contributed by atoms with Crippen LogP contribution in [-0.2, 0) is 0 Å². The standard InChI is InChI=1S/C20H20O4S/c1-10-6-7-14-16(20(25-5)24-19(14)17(10)21)18(22)13-8-11(2)12(3)15(9-13)23-4/h6-9,21H,1-5H3. The smallest absolute Gasteiger partial charge is 0.198 e. The Kier molecular flexibility index (Phi) is 4.52. The molecule has 0 radical (unpaired) electrons. The Hall–Kier alpha value is -2.40. The van der Waals surface area contributed by atoms with Gasteiger partial charge in [0, 0.05) is 10.9 Å². The van der Waals surface area contributed by atoms with Crippen LogP contribution in [0.5, 0.6) is 11.5 Å². The number of aryl methyl sites for hydroxylation is 2. The molecule has 0 aliphatic rings. The van der Waals surface area contributed by atoms with Crippen molar-refractivity contribution in [3.8, 4) is 11.5 Å². The monoisotopic (exact) mass is 356 g/mol. The summed E-state index contributed by atoms with van der Waals surface area (Å²) in [6.45, 7) is 5.71. The van der Waals surface area contributed by atoms with Crippen LogP contribution in [0.25, 0.3) is 11.0 Å². The first-order chi connectivity index (χ1) is 11.9. The fourth-order valence-corrected chi connectivity index (χ4v) is 3.47. The van der Waals surface area contributed by atoms with Crippen LogP contribution in [0.1, 0.15) is 32.6 Å². The van der Waals surface area contributed by atoms with Gasteiger partial charge in [-0.3, -0.25) is 4.79 Å². The third-order valence-corrected chi connectivity index (χ3v) is 5.17. The Labute approximate surface area is 150 Å². The number of rotatable bonds is 4. The predicted octanol–water partition coefficient (Wildman–Crippen LogP) is 5.03. The van der Waals surface area contributed by atoms with E-state index in [2.05, 4.69) is 0 Å². The summed E-state index contributed by atoms with van der Waals surface area (Å²) in [6, 6.07) is 7.22. The summed E-state index contributed by atoms with van der Waals surface area (Å²) in [6.07, 6.45) is 1.85. The van der Waals surface area contributed by atoms with Gasteiger partial charge in [0.15, 0.2) is 22.2 Å². The zero-order valence-electron chi connectivity index (χ0n) is 14.9. The summed E-state index contributed by atoms with van der Waals surface area (Å²) in [5.74, 6) is 0.609. The molecule has 1 aromatic heterocycles. The number of fused-ring (bicyclic) bond motifs is 1. The third kappa shape index (κ3) is 2.78. The van der Waals surface area contributed by atoms with E-state index in [4.69, 9.17) is 9.15 Å². The molecule has 0 aliphatic carbocycles. The second-order valence-corrected chi connectivity index (χ2v) is 6.80. The van der Waals surface area contributed by atoms with Crippen LogP contribution in [0.4, 0.5) is 0 Å². The molecule has 25 heavy (non-hydrogen) atoms. The van der Waals surface area contributed by atoms with E-state index in [1.165, 1.54) is 11.8 Å². The quantitative estimate of drug-likeness (QED) is 0.525. The van der Waals surface area contributed by atoms with E-state index in [9.17, 15) is 9.90 Å². The summed E-state index contributed by atoms with van der Waals surface area (Å²) in [5, 5.41) is 11.4. The molecular formula is C20H20O4S. The molecule has 0 amide bonds. The summed E-state index contributed by atoms with van der Waals surface area (Å²) < 4.78 is 11.2. The van der Waals surface area contributed by atoms with E-state index in [1.54, 1.807) is 26.2 Å². The molecular weight excluding hydrogens is 336 g/mol. The van der Waals surface area contributed by atoms with E-state index in [0.29, 0.717) is 38.5 Å². The molecule has 0 aliphatic heterocycles. The molecule has 1 heterocycles. The third-order valence-electron chi connectivity index (χ3n) is 4.52. The number of carbonyl (C=O) groups excluding carboxylic acids is 1. The lowest BCUT2D eigenvalue weighted by atomic mass is 9.97. The lowest BCUT2D eigenvalue weighted by Crippen LogP contribution is -2.04. The number of aromatic hydroxyl groups is 1. The lowest BCUT2D eigenvalue weighted by Gasteiger charge is -2.10. The summed E-state index contributed by atoms with van der Waals surface area (Å²) >= 11 is 1.35. The topological polar surface area (TPSA) is 59.7 Å². The number of ether oxygens (including phenoxy) is 1. The van der Waals surface area contributed by atoms with Gasteiger partial charge < -0.3 is 14.3 Å². The summed E-state index contributed by atoms with van der Waals surface area (Å²) in [4.78, 5) is 13.2. The van der Waals surface area contributed by atoms with Crippen molar-refractivity contribution in [3.05, 3.63) is 52.1 Å². The van der Waals surface area contributed by atoms with Crippen molar-refractivity contribution in [2.45, 2.75) is 25.9 Å². The van der Waals surface area contributed by atoms with Gasteiger partial charge in [-0.05, 0) is 61.9 Å². The predicted molar refractivity (Wildman–Crippen MR) is 100 cm³/mol. The van der Waals surface area contributed by atoms with Crippen LogP contribution in [-0.4, -0.2) is 24.3 Å². The Balaban J connectivity index is 2.24. The molecule has 130 valence electrons. The average Bonchev–Trinajstić information content (AvgIpc) is 2.99. The Morgan fingerprint density at radius 2 is 1.88 bits per heavy atom. The number of phenolic OH excluding ortho intramolecular Hbond substituents is 1. The van der Waals surface area contributed by atoms with Crippen LogP contribution in [0, 0.1) is 20.8 Å². The van der Waals surface area contributed by atoms with Gasteiger partial charge in [-0.25, -0.2) is 0 Å². The van der Waals surface area contributed by atoms with Crippen LogP contribution in [0.2, 0.25) is 0 Å². The van der Waals surface area contributed by atoms with Crippen molar-refractivity contribution in [2.24, 2.45) is 0 Å². The first-order valence-electron chi connectivity index (χ1n) is 7.88. The van der Waals surface area contributed by atoms with Gasteiger partial charge >= 0.3 is 0 Å². The second kappa shape index (κ2) is 6.48. The minimum absolute atomic E-state index is 0.0736. The number of thioether (sulfide) groups is 1. The van der Waals surface area contributed by atoms with E-state index in [0.717, 1.165) is 11.1 Å². The molecule has 0 fully saturated rings. The van der Waals surface area contributed by atoms with Gasteiger partial charge in [0.1, 0.15) is 5.75 Å². The fourth-order valence-electron chi connectivity index (χ4n) is 2.90. The maximum Gasteiger partial charge on any atom is 0.198 e. The highest BCUT2D eigenvalue weighted by Crippen LogP contribution is 2.39. The Morgan fingerprint density at radius 1 is 1.16 bits per heavy atom. The number of hydrogen-bond acceptors (Lipinski definition) is 5. The van der Waals surface area contributed by atoms with Gasteiger partial charge in [-0.1, -0.05) is 17.8 Å². The molecule has 0 bridgehead atoms. The largest absolute Gasteiger partial charge is 0.504 e. The number of benzene rings is 2. The van der Waals surface area contributed by atoms with Crippen molar-refractivity contribution in [2.75, 3.05) is 13.4 Å². The van der Waals surface area contributed by atoms with Gasteiger partial charge in [-0.2, -0.15) is 0 Å². The molecule has 5 heteroatoms. The Morgan fingerprint density at radius 3 is 2.52 bits per heavy atom. The van der Waals surface area contributed by atoms with E-state index < -0.39 is 0 Å². The SMILES string of the molecule is COc1cc(C(=O)c2c(SC)oc3c(O)c(C)ccc23)cc(C)c1C. The highest BCUT2D eigenvalue weighted by molar-refractivity contribution is 7.98. The second-order valence-electron chi connectivity index (χ2n) is 6.03. The number of furan rings is 1. The van der Waals surface area contributed by atoms with Crippen LogP contribution in [0.3, 0.4) is 0 Å². The molecule has 0 saturated carbocycles. The van der Waals surface area contributed by atoms with Crippen molar-refractivity contribution in [3.63, 3.8) is 0 Å². The minimum atomic E-state index is -0.146. The maximum atomic E-state index is 13.2. The zero-order chi connectivity index (χ0) is 18.3. The van der Waals surface area contributed by atoms with E-state index in [1.807, 2.05) is 32.2 Å². The molecule has 0 spiro atoms. The lowest BCUT2D eigenvalue weighted by molar-refractivity contribution is 0.103. The first kappa shape index (κ1) is 17.4. The Bertz CT molecular complexity index is 985. The molecule has 4 nitrogen and oxygen atoms in total. The average molecular weight is 356 g/mol. The van der Waals surface area contributed by atoms with Crippen LogP contribution < -0.4 is 4.74 Å². The number of carbonyl (C=O) groups is 1. The van der Waals surface area contributed by atoms with Crippen LogP contribution >= 0.6 is 11.8 Å².